The maximum absolute atomic E-state index is 12.7. The van der Waals surface area contributed by atoms with Gasteiger partial charge in [-0.05, 0) is 60.9 Å². The second-order valence-corrected chi connectivity index (χ2v) is 7.34. The van der Waals surface area contributed by atoms with E-state index in [9.17, 15) is 9.59 Å². The maximum Gasteiger partial charge on any atom is 0.251 e. The normalized spacial score (nSPS) is 10.3. The van der Waals surface area contributed by atoms with Crippen molar-refractivity contribution in [1.82, 2.24) is 25.3 Å². The van der Waals surface area contributed by atoms with Gasteiger partial charge in [0.2, 0.25) is 5.91 Å². The number of hydrogen-bond acceptors (Lipinski definition) is 4. The molecule has 0 unspecified atom stereocenters. The van der Waals surface area contributed by atoms with Gasteiger partial charge in [0.25, 0.3) is 5.91 Å². The molecule has 4 aromatic rings. The molecule has 2 aromatic heterocycles. The van der Waals surface area contributed by atoms with Gasteiger partial charge in [-0.3, -0.25) is 14.7 Å². The van der Waals surface area contributed by atoms with Gasteiger partial charge in [-0.15, -0.1) is 0 Å². The molecule has 4 N–H and O–H groups in total. The molecule has 164 valence electrons. The van der Waals surface area contributed by atoms with Crippen LogP contribution in [0.4, 0.5) is 0 Å². The van der Waals surface area contributed by atoms with Gasteiger partial charge in [0.05, 0.1) is 17.4 Å². The number of hydrogen-bond donors (Lipinski definition) is 3. The minimum absolute atomic E-state index is 0.173. The van der Waals surface area contributed by atoms with Gasteiger partial charge in [-0.25, -0.2) is 4.68 Å². The number of carbonyl (C=O) groups excluding carboxylic acids is 2. The first-order chi connectivity index (χ1) is 16.1. The van der Waals surface area contributed by atoms with Crippen molar-refractivity contribution >= 4 is 11.8 Å². The average molecular weight is 438 g/mol. The molecule has 0 radical (unpaired) electrons. The molecule has 33 heavy (non-hydrogen) atoms. The third-order valence-electron chi connectivity index (χ3n) is 4.98. The lowest BCUT2D eigenvalue weighted by Crippen LogP contribution is -2.25. The number of primary amides is 1. The third kappa shape index (κ3) is 5.54. The molecule has 0 aliphatic rings. The topological polar surface area (TPSA) is 119 Å². The molecule has 0 atom stereocenters. The van der Waals surface area contributed by atoms with Gasteiger partial charge in [0, 0.05) is 41.8 Å². The number of nitrogens with zero attached hydrogens (tertiary/aromatic N) is 3. The zero-order valence-electron chi connectivity index (χ0n) is 17.8. The van der Waals surface area contributed by atoms with Crippen LogP contribution in [0.25, 0.3) is 5.69 Å². The Labute approximate surface area is 190 Å². The summed E-state index contributed by atoms with van der Waals surface area (Å²) < 4.78 is 1.69. The van der Waals surface area contributed by atoms with Crippen molar-refractivity contribution in [3.8, 4) is 17.5 Å². The van der Waals surface area contributed by atoms with E-state index in [0.29, 0.717) is 28.8 Å². The summed E-state index contributed by atoms with van der Waals surface area (Å²) in [4.78, 5) is 24.1. The molecule has 0 aliphatic carbocycles. The van der Waals surface area contributed by atoms with Gasteiger partial charge < -0.3 is 11.1 Å². The molecule has 2 aromatic carbocycles. The van der Waals surface area contributed by atoms with Gasteiger partial charge in [0.15, 0.2) is 0 Å². The Morgan fingerprint density at radius 2 is 2.00 bits per heavy atom. The van der Waals surface area contributed by atoms with Crippen LogP contribution in [0.2, 0.25) is 0 Å². The summed E-state index contributed by atoms with van der Waals surface area (Å²) in [5.41, 5.74) is 9.38. The smallest absolute Gasteiger partial charge is 0.251 e. The SMILES string of the molecule is NC(=O)c1cccc(C#Cc2cc(C(=O)NCCCc3cn[nH]c3)ccc2-n2cccn2)c1. The molecular weight excluding hydrogens is 416 g/mol. The second kappa shape index (κ2) is 10.1. The highest BCUT2D eigenvalue weighted by Crippen LogP contribution is 2.16. The van der Waals surface area contributed by atoms with Crippen LogP contribution in [0, 0.1) is 11.8 Å². The van der Waals surface area contributed by atoms with Crippen molar-refractivity contribution in [2.75, 3.05) is 6.54 Å². The van der Waals surface area contributed by atoms with Crippen molar-refractivity contribution in [3.63, 3.8) is 0 Å². The molecule has 0 spiro atoms. The van der Waals surface area contributed by atoms with Crippen LogP contribution < -0.4 is 11.1 Å². The molecular formula is C25H22N6O2. The largest absolute Gasteiger partial charge is 0.366 e. The fourth-order valence-electron chi connectivity index (χ4n) is 3.29. The van der Waals surface area contributed by atoms with Crippen LogP contribution in [0.3, 0.4) is 0 Å². The van der Waals surface area contributed by atoms with Crippen molar-refractivity contribution < 1.29 is 9.59 Å². The zero-order valence-corrected chi connectivity index (χ0v) is 17.8. The molecule has 0 fully saturated rings. The Bertz CT molecular complexity index is 1310. The van der Waals surface area contributed by atoms with Crippen molar-refractivity contribution in [2.24, 2.45) is 5.73 Å². The molecule has 0 saturated heterocycles. The molecule has 2 heterocycles. The molecule has 8 heteroatoms. The summed E-state index contributed by atoms with van der Waals surface area (Å²) in [5, 5.41) is 13.9. The van der Waals surface area contributed by atoms with E-state index in [2.05, 4.69) is 32.5 Å². The van der Waals surface area contributed by atoms with Crippen molar-refractivity contribution in [3.05, 3.63) is 101 Å². The van der Waals surface area contributed by atoms with Gasteiger partial charge >= 0.3 is 0 Å². The summed E-state index contributed by atoms with van der Waals surface area (Å²) >= 11 is 0. The standard InChI is InChI=1S/C25H22N6O2/c26-24(32)21-6-1-4-18(14-21)7-8-20-15-22(9-10-23(20)31-13-3-12-30-31)25(33)27-11-2-5-19-16-28-29-17-19/h1,3-4,6,9-10,12-17H,2,5,11H2,(H2,26,32)(H,27,33)(H,28,29). The number of rotatable bonds is 7. The van der Waals surface area contributed by atoms with Gasteiger partial charge in [-0.2, -0.15) is 10.2 Å². The average Bonchev–Trinajstić information content (AvgIpc) is 3.55. The Balaban J connectivity index is 1.54. The minimum Gasteiger partial charge on any atom is -0.366 e. The summed E-state index contributed by atoms with van der Waals surface area (Å²) in [7, 11) is 0. The molecule has 0 aliphatic heterocycles. The molecule has 2 amide bonds. The first kappa shape index (κ1) is 21.6. The Morgan fingerprint density at radius 1 is 1.09 bits per heavy atom. The monoisotopic (exact) mass is 438 g/mol. The van der Waals surface area contributed by atoms with E-state index in [0.717, 1.165) is 24.1 Å². The van der Waals surface area contributed by atoms with Crippen molar-refractivity contribution in [2.45, 2.75) is 12.8 Å². The van der Waals surface area contributed by atoms with Crippen LogP contribution in [-0.2, 0) is 6.42 Å². The lowest BCUT2D eigenvalue weighted by molar-refractivity contribution is 0.0951. The fraction of sp³-hybridized carbons (Fsp3) is 0.120. The zero-order chi connectivity index (χ0) is 23.0. The molecule has 8 nitrogen and oxygen atoms in total. The van der Waals surface area contributed by atoms with Crippen LogP contribution in [0.5, 0.6) is 0 Å². The number of nitrogens with two attached hydrogens (primary N) is 1. The first-order valence-corrected chi connectivity index (χ1v) is 10.4. The van der Waals surface area contributed by atoms with E-state index in [1.165, 1.54) is 0 Å². The fourth-order valence-corrected chi connectivity index (χ4v) is 3.29. The maximum atomic E-state index is 12.7. The number of aromatic nitrogens is 4. The Hall–Kier alpha value is -4.64. The van der Waals surface area contributed by atoms with Crippen molar-refractivity contribution in [1.29, 1.82) is 0 Å². The number of aromatic amines is 1. The van der Waals surface area contributed by atoms with Crippen LogP contribution >= 0.6 is 0 Å². The van der Waals surface area contributed by atoms with E-state index in [1.807, 2.05) is 24.5 Å². The number of benzene rings is 2. The molecule has 0 bridgehead atoms. The summed E-state index contributed by atoms with van der Waals surface area (Å²) in [6.45, 7) is 0.547. The number of nitrogens with one attached hydrogen (secondary N) is 2. The number of H-pyrrole nitrogens is 1. The highest BCUT2D eigenvalue weighted by molar-refractivity contribution is 5.95. The lowest BCUT2D eigenvalue weighted by atomic mass is 10.1. The predicted molar refractivity (Wildman–Crippen MR) is 124 cm³/mol. The van der Waals surface area contributed by atoms with E-state index in [4.69, 9.17) is 5.73 Å². The summed E-state index contributed by atoms with van der Waals surface area (Å²) in [6.07, 6.45) is 8.74. The number of amides is 2. The van der Waals surface area contributed by atoms with Crippen LogP contribution in [0.1, 0.15) is 43.8 Å². The lowest BCUT2D eigenvalue weighted by Gasteiger charge is -2.09. The minimum atomic E-state index is -0.512. The Morgan fingerprint density at radius 3 is 2.76 bits per heavy atom. The van der Waals surface area contributed by atoms with Crippen LogP contribution in [0.15, 0.2) is 73.3 Å². The van der Waals surface area contributed by atoms with Crippen LogP contribution in [-0.4, -0.2) is 38.3 Å². The quantitative estimate of drug-likeness (QED) is 0.303. The Kier molecular flexibility index (Phi) is 6.61. The van der Waals surface area contributed by atoms with Gasteiger partial charge in [-0.1, -0.05) is 17.9 Å². The number of carbonyl (C=O) groups is 2. The first-order valence-electron chi connectivity index (χ1n) is 10.4. The highest BCUT2D eigenvalue weighted by atomic mass is 16.2. The molecule has 4 rings (SSSR count). The van der Waals surface area contributed by atoms with E-state index in [-0.39, 0.29) is 5.91 Å². The second-order valence-electron chi connectivity index (χ2n) is 7.34. The summed E-state index contributed by atoms with van der Waals surface area (Å²) in [5.74, 6) is 5.48. The van der Waals surface area contributed by atoms with Gasteiger partial charge in [0.1, 0.15) is 0 Å². The number of aryl methyl sites for hydroxylation is 1. The summed E-state index contributed by atoms with van der Waals surface area (Å²) in [6, 6.07) is 13.9. The molecule has 0 saturated carbocycles. The van der Waals surface area contributed by atoms with E-state index >= 15 is 0 Å². The predicted octanol–water partition coefficient (Wildman–Crippen LogP) is 2.46. The third-order valence-corrected chi connectivity index (χ3v) is 4.98. The van der Waals surface area contributed by atoms with E-state index in [1.54, 1.807) is 53.5 Å². The highest BCUT2D eigenvalue weighted by Gasteiger charge is 2.10. The van der Waals surface area contributed by atoms with E-state index < -0.39 is 5.91 Å².